The van der Waals surface area contributed by atoms with Gasteiger partial charge in [0.15, 0.2) is 6.61 Å². The lowest BCUT2D eigenvalue weighted by Crippen LogP contribution is -2.30. The summed E-state index contributed by atoms with van der Waals surface area (Å²) in [6.07, 6.45) is 2.20. The summed E-state index contributed by atoms with van der Waals surface area (Å²) in [5.74, 6) is -1.02. The number of carbonyl (C=O) groups excluding carboxylic acids is 2. The van der Waals surface area contributed by atoms with Crippen LogP contribution < -0.4 is 5.32 Å². The smallest absolute Gasteiger partial charge is 0.339 e. The van der Waals surface area contributed by atoms with Gasteiger partial charge in [0.25, 0.3) is 5.91 Å². The van der Waals surface area contributed by atoms with E-state index in [4.69, 9.17) is 4.74 Å². The van der Waals surface area contributed by atoms with Gasteiger partial charge in [-0.2, -0.15) is 0 Å². The Hall–Kier alpha value is -2.47. The molecule has 1 atom stereocenters. The first-order valence-corrected chi connectivity index (χ1v) is 9.04. The fourth-order valence-corrected chi connectivity index (χ4v) is 2.87. The van der Waals surface area contributed by atoms with Crippen LogP contribution in [-0.2, 0) is 26.8 Å². The predicted octanol–water partition coefficient (Wildman–Crippen LogP) is 1.94. The molecule has 5 nitrogen and oxygen atoms in total. The molecule has 0 unspecified atom stereocenters. The molecule has 0 bridgehead atoms. The van der Waals surface area contributed by atoms with Crippen molar-refractivity contribution in [2.75, 3.05) is 19.4 Å². The summed E-state index contributed by atoms with van der Waals surface area (Å²) in [4.78, 5) is 24.2. The van der Waals surface area contributed by atoms with Crippen LogP contribution in [0.15, 0.2) is 59.5 Å². The van der Waals surface area contributed by atoms with Crippen LogP contribution in [0.3, 0.4) is 0 Å². The summed E-state index contributed by atoms with van der Waals surface area (Å²) in [6, 6.07) is 16.3. The quantitative estimate of drug-likeness (QED) is 0.779. The Labute approximate surface area is 143 Å². The molecular formula is C18H19NO4S. The average molecular weight is 345 g/mol. The van der Waals surface area contributed by atoms with Crippen LogP contribution in [0, 0.1) is 0 Å². The summed E-state index contributed by atoms with van der Waals surface area (Å²) < 4.78 is 16.6. The van der Waals surface area contributed by atoms with Crippen LogP contribution in [0.4, 0.5) is 0 Å². The predicted molar refractivity (Wildman–Crippen MR) is 92.2 cm³/mol. The summed E-state index contributed by atoms with van der Waals surface area (Å²) in [5.41, 5.74) is 1.34. The maximum absolute atomic E-state index is 12.0. The van der Waals surface area contributed by atoms with Crippen LogP contribution in [0.1, 0.15) is 15.9 Å². The molecule has 24 heavy (non-hydrogen) atoms. The highest BCUT2D eigenvalue weighted by Crippen LogP contribution is 2.13. The highest BCUT2D eigenvalue weighted by atomic mass is 32.2. The van der Waals surface area contributed by atoms with E-state index in [2.05, 4.69) is 5.32 Å². The molecule has 0 fully saturated rings. The number of hydrogen-bond donors (Lipinski definition) is 1. The van der Waals surface area contributed by atoms with Crippen molar-refractivity contribution in [2.24, 2.45) is 0 Å². The third-order valence-corrected chi connectivity index (χ3v) is 4.31. The first kappa shape index (κ1) is 17.9. The van der Waals surface area contributed by atoms with E-state index in [1.54, 1.807) is 18.2 Å². The monoisotopic (exact) mass is 345 g/mol. The molecule has 0 radical (unpaired) electrons. The van der Waals surface area contributed by atoms with Crippen molar-refractivity contribution in [3.63, 3.8) is 0 Å². The number of hydrogen-bond acceptors (Lipinski definition) is 4. The molecule has 0 heterocycles. The van der Waals surface area contributed by atoms with Crippen LogP contribution >= 0.6 is 0 Å². The van der Waals surface area contributed by atoms with E-state index in [1.165, 1.54) is 12.3 Å². The molecule has 2 aromatic rings. The number of ether oxygens (including phenoxy) is 1. The topological polar surface area (TPSA) is 72.5 Å². The molecule has 2 rings (SSSR count). The molecule has 0 aliphatic carbocycles. The van der Waals surface area contributed by atoms with Gasteiger partial charge in [0, 0.05) is 12.8 Å². The van der Waals surface area contributed by atoms with Crippen molar-refractivity contribution in [2.45, 2.75) is 11.3 Å². The maximum atomic E-state index is 12.0. The molecule has 0 saturated carbocycles. The second-order valence-corrected chi connectivity index (χ2v) is 6.46. The highest BCUT2D eigenvalue weighted by molar-refractivity contribution is 7.84. The van der Waals surface area contributed by atoms with E-state index >= 15 is 0 Å². The van der Waals surface area contributed by atoms with Crippen molar-refractivity contribution < 1.29 is 18.5 Å². The largest absolute Gasteiger partial charge is 0.452 e. The zero-order valence-corrected chi connectivity index (χ0v) is 14.2. The Bertz CT molecular complexity index is 731. The molecule has 126 valence electrons. The fraction of sp³-hybridized carbons (Fsp3) is 0.222. The highest BCUT2D eigenvalue weighted by Gasteiger charge is 2.15. The molecule has 1 N–H and O–H groups in total. The van der Waals surface area contributed by atoms with Crippen LogP contribution in [0.25, 0.3) is 0 Å². The van der Waals surface area contributed by atoms with Crippen molar-refractivity contribution in [1.29, 1.82) is 0 Å². The second kappa shape index (κ2) is 8.98. The summed E-state index contributed by atoms with van der Waals surface area (Å²) in [6.45, 7) is 0.105. The van der Waals surface area contributed by atoms with Crippen molar-refractivity contribution in [3.8, 4) is 0 Å². The summed E-state index contributed by atoms with van der Waals surface area (Å²) >= 11 is 0. The van der Waals surface area contributed by atoms with E-state index in [9.17, 15) is 13.8 Å². The van der Waals surface area contributed by atoms with Crippen molar-refractivity contribution in [3.05, 3.63) is 65.7 Å². The Morgan fingerprint density at radius 1 is 1.04 bits per heavy atom. The number of nitrogens with one attached hydrogen (secondary N) is 1. The van der Waals surface area contributed by atoms with E-state index in [1.807, 2.05) is 30.3 Å². The first-order chi connectivity index (χ1) is 11.6. The zero-order chi connectivity index (χ0) is 17.4. The SMILES string of the molecule is C[S@@](=O)c1ccccc1C(=O)OCC(=O)NCCc1ccccc1. The van der Waals surface area contributed by atoms with Crippen LogP contribution in [0.2, 0.25) is 0 Å². The molecule has 0 saturated heterocycles. The van der Waals surface area contributed by atoms with E-state index < -0.39 is 16.8 Å². The third-order valence-electron chi connectivity index (χ3n) is 3.33. The minimum Gasteiger partial charge on any atom is -0.452 e. The maximum Gasteiger partial charge on any atom is 0.339 e. The third kappa shape index (κ3) is 5.31. The van der Waals surface area contributed by atoms with Gasteiger partial charge in [-0.25, -0.2) is 4.79 Å². The normalized spacial score (nSPS) is 11.5. The Morgan fingerprint density at radius 3 is 2.42 bits per heavy atom. The number of carbonyl (C=O) groups is 2. The number of amides is 1. The molecule has 0 aliphatic rings. The van der Waals surface area contributed by atoms with Gasteiger partial charge < -0.3 is 10.1 Å². The molecule has 6 heteroatoms. The Balaban J connectivity index is 1.79. The minimum atomic E-state index is -1.30. The lowest BCUT2D eigenvalue weighted by molar-refractivity contribution is -0.124. The van der Waals surface area contributed by atoms with Crippen LogP contribution in [0.5, 0.6) is 0 Å². The molecular weight excluding hydrogens is 326 g/mol. The van der Waals surface area contributed by atoms with Gasteiger partial charge in [0.05, 0.1) is 21.3 Å². The van der Waals surface area contributed by atoms with Gasteiger partial charge in [-0.15, -0.1) is 0 Å². The summed E-state index contributed by atoms with van der Waals surface area (Å²) in [5, 5.41) is 2.70. The lowest BCUT2D eigenvalue weighted by atomic mass is 10.1. The molecule has 0 aromatic heterocycles. The standard InChI is InChI=1S/C18H19NO4S/c1-24(22)16-10-6-5-9-15(16)18(21)23-13-17(20)19-12-11-14-7-3-2-4-8-14/h2-10H,11-13H2,1H3,(H,19,20)/t24-/m1/s1. The Morgan fingerprint density at radius 2 is 1.71 bits per heavy atom. The molecule has 1 amide bonds. The fourth-order valence-electron chi connectivity index (χ4n) is 2.14. The Kier molecular flexibility index (Phi) is 6.69. The zero-order valence-electron chi connectivity index (χ0n) is 13.4. The number of benzene rings is 2. The number of esters is 1. The first-order valence-electron chi connectivity index (χ1n) is 7.48. The van der Waals surface area contributed by atoms with E-state index in [0.29, 0.717) is 17.9 Å². The van der Waals surface area contributed by atoms with Gasteiger partial charge in [-0.05, 0) is 24.1 Å². The van der Waals surface area contributed by atoms with Gasteiger partial charge >= 0.3 is 5.97 Å². The number of rotatable bonds is 7. The summed E-state index contributed by atoms with van der Waals surface area (Å²) in [7, 11) is -1.30. The van der Waals surface area contributed by atoms with Crippen molar-refractivity contribution in [1.82, 2.24) is 5.32 Å². The molecule has 0 aliphatic heterocycles. The van der Waals surface area contributed by atoms with Gasteiger partial charge in [-0.3, -0.25) is 9.00 Å². The average Bonchev–Trinajstić information content (AvgIpc) is 2.60. The molecule has 2 aromatic carbocycles. The van der Waals surface area contributed by atoms with Crippen LogP contribution in [-0.4, -0.2) is 35.5 Å². The van der Waals surface area contributed by atoms with E-state index in [-0.39, 0.29) is 18.1 Å². The van der Waals surface area contributed by atoms with Crippen molar-refractivity contribution >= 4 is 22.7 Å². The van der Waals surface area contributed by atoms with Gasteiger partial charge in [0.1, 0.15) is 0 Å². The molecule has 0 spiro atoms. The van der Waals surface area contributed by atoms with Gasteiger partial charge in [-0.1, -0.05) is 42.5 Å². The van der Waals surface area contributed by atoms with E-state index in [0.717, 1.165) is 5.56 Å². The lowest BCUT2D eigenvalue weighted by Gasteiger charge is -2.08. The minimum absolute atomic E-state index is 0.218. The van der Waals surface area contributed by atoms with Gasteiger partial charge in [0.2, 0.25) is 0 Å². The second-order valence-electron chi connectivity index (χ2n) is 5.11.